The van der Waals surface area contributed by atoms with Gasteiger partial charge in [-0.05, 0) is 39.9 Å². The normalized spacial score (nSPS) is 33.2. The van der Waals surface area contributed by atoms with E-state index in [1.807, 2.05) is 0 Å². The Kier molecular flexibility index (Phi) is 4.79. The van der Waals surface area contributed by atoms with Crippen LogP contribution in [0.25, 0.3) is 0 Å². The number of nitrogens with zero attached hydrogens (tertiary/aromatic N) is 2. The maximum absolute atomic E-state index is 6.29. The highest BCUT2D eigenvalue weighted by molar-refractivity contribution is 4.83. The van der Waals surface area contributed by atoms with Crippen LogP contribution in [0, 0.1) is 5.92 Å². The summed E-state index contributed by atoms with van der Waals surface area (Å²) in [6.07, 6.45) is 3.77. The summed E-state index contributed by atoms with van der Waals surface area (Å²) in [7, 11) is 4.43. The summed E-state index contributed by atoms with van der Waals surface area (Å²) in [5.74, 6) is 0.568. The summed E-state index contributed by atoms with van der Waals surface area (Å²) < 4.78 is 5.42. The zero-order valence-corrected chi connectivity index (χ0v) is 11.3. The van der Waals surface area contributed by atoms with Crippen LogP contribution in [0.5, 0.6) is 0 Å². The fourth-order valence-electron chi connectivity index (χ4n) is 3.02. The molecular formula is C13H27N3O. The van der Waals surface area contributed by atoms with E-state index in [9.17, 15) is 0 Å². The average molecular weight is 241 g/mol. The first-order chi connectivity index (χ1) is 8.16. The van der Waals surface area contributed by atoms with Gasteiger partial charge in [0.05, 0.1) is 6.61 Å². The molecule has 4 heteroatoms. The zero-order valence-electron chi connectivity index (χ0n) is 11.3. The molecule has 0 spiro atoms. The van der Waals surface area contributed by atoms with Crippen LogP contribution in [0.3, 0.4) is 0 Å². The van der Waals surface area contributed by atoms with E-state index in [0.29, 0.717) is 12.0 Å². The first kappa shape index (κ1) is 13.3. The predicted octanol–water partition coefficient (Wildman–Crippen LogP) is 0.376. The van der Waals surface area contributed by atoms with E-state index in [1.165, 1.54) is 25.9 Å². The lowest BCUT2D eigenvalue weighted by atomic mass is 9.98. The van der Waals surface area contributed by atoms with Crippen LogP contribution in [0.1, 0.15) is 19.3 Å². The van der Waals surface area contributed by atoms with Crippen molar-refractivity contribution < 1.29 is 4.74 Å². The van der Waals surface area contributed by atoms with Crippen molar-refractivity contribution in [2.75, 3.05) is 46.9 Å². The molecule has 2 saturated heterocycles. The summed E-state index contributed by atoms with van der Waals surface area (Å²) in [5, 5.41) is 0. The van der Waals surface area contributed by atoms with Crippen LogP contribution in [-0.2, 0) is 4.74 Å². The quantitative estimate of drug-likeness (QED) is 0.772. The van der Waals surface area contributed by atoms with E-state index in [-0.39, 0.29) is 6.04 Å². The number of rotatable bonds is 4. The Morgan fingerprint density at radius 3 is 2.94 bits per heavy atom. The summed E-state index contributed by atoms with van der Waals surface area (Å²) in [6, 6.07) is 0.955. The Balaban J connectivity index is 1.76. The Bertz CT molecular complexity index is 231. The molecule has 0 aromatic heterocycles. The number of likely N-dealkylation sites (N-methyl/N-ethyl adjacent to an activating group) is 2. The van der Waals surface area contributed by atoms with Crippen molar-refractivity contribution in [3.63, 3.8) is 0 Å². The molecule has 3 atom stereocenters. The number of nitrogens with two attached hydrogens (primary N) is 1. The van der Waals surface area contributed by atoms with E-state index < -0.39 is 0 Å². The van der Waals surface area contributed by atoms with Gasteiger partial charge >= 0.3 is 0 Å². The molecule has 2 aliphatic heterocycles. The second-order valence-corrected chi connectivity index (χ2v) is 5.79. The predicted molar refractivity (Wildman–Crippen MR) is 70.1 cm³/mol. The second kappa shape index (κ2) is 6.14. The molecule has 3 unspecified atom stereocenters. The van der Waals surface area contributed by atoms with Gasteiger partial charge < -0.3 is 20.3 Å². The lowest BCUT2D eigenvalue weighted by molar-refractivity contribution is 0.118. The van der Waals surface area contributed by atoms with Crippen molar-refractivity contribution in [2.45, 2.75) is 31.3 Å². The fourth-order valence-corrected chi connectivity index (χ4v) is 3.02. The minimum atomic E-state index is 0.273. The van der Waals surface area contributed by atoms with E-state index in [4.69, 9.17) is 10.5 Å². The van der Waals surface area contributed by atoms with E-state index >= 15 is 0 Å². The monoisotopic (exact) mass is 241 g/mol. The van der Waals surface area contributed by atoms with Gasteiger partial charge in [0.25, 0.3) is 0 Å². The van der Waals surface area contributed by atoms with Crippen LogP contribution in [-0.4, -0.2) is 68.8 Å². The van der Waals surface area contributed by atoms with Crippen molar-refractivity contribution in [2.24, 2.45) is 11.7 Å². The van der Waals surface area contributed by atoms with Crippen LogP contribution in [0.15, 0.2) is 0 Å². The van der Waals surface area contributed by atoms with Crippen molar-refractivity contribution in [3.8, 4) is 0 Å². The molecule has 0 bridgehead atoms. The minimum Gasteiger partial charge on any atom is -0.381 e. The van der Waals surface area contributed by atoms with Gasteiger partial charge in [0.2, 0.25) is 0 Å². The molecule has 2 aliphatic rings. The molecule has 0 aromatic carbocycles. The summed E-state index contributed by atoms with van der Waals surface area (Å²) in [4.78, 5) is 4.88. The maximum Gasteiger partial charge on any atom is 0.0510 e. The summed E-state index contributed by atoms with van der Waals surface area (Å²) >= 11 is 0. The fraction of sp³-hybridized carbons (Fsp3) is 1.00. The highest BCUT2D eigenvalue weighted by Crippen LogP contribution is 2.18. The molecule has 17 heavy (non-hydrogen) atoms. The van der Waals surface area contributed by atoms with Gasteiger partial charge in [0, 0.05) is 37.7 Å². The molecule has 2 heterocycles. The van der Waals surface area contributed by atoms with Gasteiger partial charge in [0.1, 0.15) is 0 Å². The summed E-state index contributed by atoms with van der Waals surface area (Å²) in [5.41, 5.74) is 6.29. The zero-order chi connectivity index (χ0) is 12.3. The number of ether oxygens (including phenoxy) is 1. The maximum atomic E-state index is 6.29. The number of likely N-dealkylation sites (tertiary alicyclic amines) is 1. The lowest BCUT2D eigenvalue weighted by Crippen LogP contribution is -2.50. The largest absolute Gasteiger partial charge is 0.381 e. The van der Waals surface area contributed by atoms with Gasteiger partial charge in [-0.1, -0.05) is 0 Å². The molecule has 0 radical (unpaired) electrons. The number of piperidine rings is 1. The van der Waals surface area contributed by atoms with Crippen molar-refractivity contribution >= 4 is 0 Å². The Hall–Kier alpha value is -0.160. The lowest BCUT2D eigenvalue weighted by Gasteiger charge is -2.37. The van der Waals surface area contributed by atoms with Crippen LogP contribution < -0.4 is 5.73 Å². The molecular weight excluding hydrogens is 214 g/mol. The standard InChI is InChI=1S/C13H27N3O/c1-15-6-3-4-12(8-15)16(2)9-13(14)11-5-7-17-10-11/h11-13H,3-10,14H2,1-2H3. The van der Waals surface area contributed by atoms with Crippen LogP contribution >= 0.6 is 0 Å². The van der Waals surface area contributed by atoms with Crippen molar-refractivity contribution in [1.29, 1.82) is 0 Å². The van der Waals surface area contributed by atoms with Crippen LogP contribution in [0.4, 0.5) is 0 Å². The minimum absolute atomic E-state index is 0.273. The number of hydrogen-bond donors (Lipinski definition) is 1. The van der Waals surface area contributed by atoms with Gasteiger partial charge in [-0.2, -0.15) is 0 Å². The molecule has 2 fully saturated rings. The highest BCUT2D eigenvalue weighted by atomic mass is 16.5. The smallest absolute Gasteiger partial charge is 0.0510 e. The molecule has 4 nitrogen and oxygen atoms in total. The highest BCUT2D eigenvalue weighted by Gasteiger charge is 2.27. The van der Waals surface area contributed by atoms with Crippen molar-refractivity contribution in [3.05, 3.63) is 0 Å². The molecule has 2 N–H and O–H groups in total. The van der Waals surface area contributed by atoms with Crippen molar-refractivity contribution in [1.82, 2.24) is 9.80 Å². The van der Waals surface area contributed by atoms with Gasteiger partial charge in [-0.25, -0.2) is 0 Å². The van der Waals surface area contributed by atoms with E-state index in [2.05, 4.69) is 23.9 Å². The third-order valence-electron chi connectivity index (χ3n) is 4.29. The third kappa shape index (κ3) is 3.65. The molecule has 0 aliphatic carbocycles. The van der Waals surface area contributed by atoms with E-state index in [1.54, 1.807) is 0 Å². The second-order valence-electron chi connectivity index (χ2n) is 5.79. The van der Waals surface area contributed by atoms with Crippen LogP contribution in [0.2, 0.25) is 0 Å². The SMILES string of the molecule is CN1CCCC(N(C)CC(N)C2CCOC2)C1. The van der Waals surface area contributed by atoms with Gasteiger partial charge in [-0.15, -0.1) is 0 Å². The number of hydrogen-bond acceptors (Lipinski definition) is 4. The third-order valence-corrected chi connectivity index (χ3v) is 4.29. The molecule has 0 aromatic rings. The van der Waals surface area contributed by atoms with Gasteiger partial charge in [0.15, 0.2) is 0 Å². The summed E-state index contributed by atoms with van der Waals surface area (Å²) in [6.45, 7) is 5.19. The Morgan fingerprint density at radius 1 is 1.47 bits per heavy atom. The molecule has 100 valence electrons. The Morgan fingerprint density at radius 2 is 2.29 bits per heavy atom. The average Bonchev–Trinajstić information content (AvgIpc) is 2.82. The topological polar surface area (TPSA) is 41.7 Å². The van der Waals surface area contributed by atoms with Gasteiger partial charge in [-0.3, -0.25) is 0 Å². The molecule has 0 saturated carbocycles. The Labute approximate surface area is 105 Å². The first-order valence-electron chi connectivity index (χ1n) is 6.89. The molecule has 2 rings (SSSR count). The van der Waals surface area contributed by atoms with E-state index in [0.717, 1.165) is 26.2 Å². The first-order valence-corrected chi connectivity index (χ1v) is 6.89. The molecule has 0 amide bonds.